The first-order chi connectivity index (χ1) is 15.8. The molecule has 2 saturated heterocycles. The van der Waals surface area contributed by atoms with Crippen LogP contribution in [-0.4, -0.2) is 42.9 Å². The molecule has 2 unspecified atom stereocenters. The lowest BCUT2D eigenvalue weighted by atomic mass is 9.95. The maximum absolute atomic E-state index is 12.9. The van der Waals surface area contributed by atoms with Gasteiger partial charge in [-0.25, -0.2) is 19.3 Å². The van der Waals surface area contributed by atoms with Gasteiger partial charge in [-0.1, -0.05) is 18.9 Å². The Bertz CT molecular complexity index is 1090. The molecule has 1 amide bonds. The minimum Gasteiger partial charge on any atom is -0.508 e. The highest BCUT2D eigenvalue weighted by Crippen LogP contribution is 2.33. The molecule has 0 saturated carbocycles. The van der Waals surface area contributed by atoms with E-state index >= 15 is 0 Å². The average molecular weight is 473 g/mol. The van der Waals surface area contributed by atoms with Crippen molar-refractivity contribution in [3.8, 4) is 5.75 Å². The fourth-order valence-electron chi connectivity index (χ4n) is 4.70. The van der Waals surface area contributed by atoms with Crippen LogP contribution in [0.1, 0.15) is 54.8 Å². The zero-order chi connectivity index (χ0) is 23.6. The zero-order valence-corrected chi connectivity index (χ0v) is 19.9. The summed E-state index contributed by atoms with van der Waals surface area (Å²) in [6.45, 7) is 4.98. The molecule has 0 radical (unpaired) electrons. The summed E-state index contributed by atoms with van der Waals surface area (Å²) >= 11 is 0. The lowest BCUT2D eigenvalue weighted by molar-refractivity contribution is -0.117. The van der Waals surface area contributed by atoms with Crippen molar-refractivity contribution >= 4 is 21.6 Å². The SMILES string of the molecule is Cc1cc(C)c(C2CC(C(=O)Nc3ccc(S(=O)(=O)N4CCCCCC4)cc3)NN2)c(O)c1. The number of phenolic OH excluding ortho intramolecular Hbond substituents is 1. The van der Waals surface area contributed by atoms with Gasteiger partial charge in [0, 0.05) is 24.3 Å². The molecule has 9 heteroatoms. The number of hydrazine groups is 1. The molecule has 4 rings (SSSR count). The van der Waals surface area contributed by atoms with E-state index < -0.39 is 16.1 Å². The van der Waals surface area contributed by atoms with Crippen LogP contribution in [0.15, 0.2) is 41.3 Å². The number of rotatable bonds is 5. The van der Waals surface area contributed by atoms with E-state index in [9.17, 15) is 18.3 Å². The van der Waals surface area contributed by atoms with Crippen molar-refractivity contribution in [2.45, 2.75) is 62.9 Å². The second-order valence-electron chi connectivity index (χ2n) is 8.98. The van der Waals surface area contributed by atoms with Crippen molar-refractivity contribution in [3.63, 3.8) is 0 Å². The molecule has 2 aromatic carbocycles. The van der Waals surface area contributed by atoms with E-state index in [0.717, 1.165) is 42.4 Å². The molecule has 2 fully saturated rings. The second kappa shape index (κ2) is 9.80. The summed E-state index contributed by atoms with van der Waals surface area (Å²) in [6, 6.07) is 9.39. The van der Waals surface area contributed by atoms with E-state index in [1.54, 1.807) is 34.6 Å². The molecular weight excluding hydrogens is 440 g/mol. The Kier molecular flexibility index (Phi) is 7.04. The number of sulfonamides is 1. The molecule has 0 aliphatic carbocycles. The Balaban J connectivity index is 1.39. The quantitative estimate of drug-likeness (QED) is 0.532. The van der Waals surface area contributed by atoms with Gasteiger partial charge < -0.3 is 10.4 Å². The van der Waals surface area contributed by atoms with Gasteiger partial charge in [-0.05, 0) is 74.6 Å². The molecule has 2 aliphatic rings. The van der Waals surface area contributed by atoms with Crippen LogP contribution in [0.2, 0.25) is 0 Å². The van der Waals surface area contributed by atoms with E-state index in [0.29, 0.717) is 25.2 Å². The van der Waals surface area contributed by atoms with Gasteiger partial charge in [-0.15, -0.1) is 0 Å². The topological polar surface area (TPSA) is 111 Å². The third-order valence-corrected chi connectivity index (χ3v) is 8.32. The van der Waals surface area contributed by atoms with Gasteiger partial charge in [0.1, 0.15) is 11.8 Å². The van der Waals surface area contributed by atoms with Crippen LogP contribution in [-0.2, 0) is 14.8 Å². The number of aromatic hydroxyl groups is 1. The predicted molar refractivity (Wildman–Crippen MR) is 127 cm³/mol. The van der Waals surface area contributed by atoms with Gasteiger partial charge in [-0.3, -0.25) is 4.79 Å². The number of nitrogens with one attached hydrogen (secondary N) is 3. The lowest BCUT2D eigenvalue weighted by Gasteiger charge is -2.20. The van der Waals surface area contributed by atoms with Crippen molar-refractivity contribution in [2.75, 3.05) is 18.4 Å². The largest absolute Gasteiger partial charge is 0.508 e. The van der Waals surface area contributed by atoms with Crippen LogP contribution in [0, 0.1) is 13.8 Å². The van der Waals surface area contributed by atoms with Crippen LogP contribution < -0.4 is 16.2 Å². The first-order valence-corrected chi connectivity index (χ1v) is 12.9. The zero-order valence-electron chi connectivity index (χ0n) is 19.1. The van der Waals surface area contributed by atoms with Gasteiger partial charge in [0.05, 0.1) is 10.9 Å². The highest BCUT2D eigenvalue weighted by Gasteiger charge is 2.32. The highest BCUT2D eigenvalue weighted by atomic mass is 32.2. The molecule has 2 aliphatic heterocycles. The highest BCUT2D eigenvalue weighted by molar-refractivity contribution is 7.89. The van der Waals surface area contributed by atoms with Crippen LogP contribution in [0.25, 0.3) is 0 Å². The average Bonchev–Trinajstić information content (AvgIpc) is 3.07. The number of phenols is 1. The molecule has 0 aromatic heterocycles. The number of anilines is 1. The van der Waals surface area contributed by atoms with Crippen LogP contribution >= 0.6 is 0 Å². The van der Waals surface area contributed by atoms with Crippen LogP contribution in [0.4, 0.5) is 5.69 Å². The third-order valence-electron chi connectivity index (χ3n) is 6.40. The molecule has 0 spiro atoms. The summed E-state index contributed by atoms with van der Waals surface area (Å²) in [6.07, 6.45) is 4.37. The second-order valence-corrected chi connectivity index (χ2v) is 10.9. The molecule has 33 heavy (non-hydrogen) atoms. The maximum Gasteiger partial charge on any atom is 0.243 e. The first-order valence-electron chi connectivity index (χ1n) is 11.5. The van der Waals surface area contributed by atoms with Gasteiger partial charge in [0.15, 0.2) is 0 Å². The Hall–Kier alpha value is -2.46. The minimum absolute atomic E-state index is 0.192. The Morgan fingerprint density at radius 3 is 2.33 bits per heavy atom. The monoisotopic (exact) mass is 472 g/mol. The predicted octanol–water partition coefficient (Wildman–Crippen LogP) is 3.12. The molecule has 178 valence electrons. The number of carbonyl (C=O) groups is 1. The molecule has 2 atom stereocenters. The Morgan fingerprint density at radius 2 is 1.70 bits per heavy atom. The smallest absolute Gasteiger partial charge is 0.243 e. The van der Waals surface area contributed by atoms with Crippen molar-refractivity contribution in [2.24, 2.45) is 0 Å². The van der Waals surface area contributed by atoms with Crippen molar-refractivity contribution in [1.29, 1.82) is 0 Å². The molecular formula is C24H32N4O4S. The summed E-state index contributed by atoms with van der Waals surface area (Å²) in [5.74, 6) is -0.00792. The van der Waals surface area contributed by atoms with Crippen LogP contribution in [0.3, 0.4) is 0 Å². The summed E-state index contributed by atoms with van der Waals surface area (Å²) in [5.41, 5.74) is 9.38. The van der Waals surface area contributed by atoms with Crippen LogP contribution in [0.5, 0.6) is 5.75 Å². The van der Waals surface area contributed by atoms with Gasteiger partial charge in [-0.2, -0.15) is 4.31 Å². The van der Waals surface area contributed by atoms with E-state index in [1.807, 2.05) is 19.9 Å². The number of hydrogen-bond donors (Lipinski definition) is 4. The molecule has 8 nitrogen and oxygen atoms in total. The number of nitrogens with zero attached hydrogens (tertiary/aromatic N) is 1. The fraction of sp³-hybridized carbons (Fsp3) is 0.458. The number of benzene rings is 2. The summed E-state index contributed by atoms with van der Waals surface area (Å²) < 4.78 is 27.4. The lowest BCUT2D eigenvalue weighted by Crippen LogP contribution is -2.39. The van der Waals surface area contributed by atoms with Crippen molar-refractivity contribution in [3.05, 3.63) is 53.1 Å². The normalized spacial score (nSPS) is 22.1. The number of carbonyl (C=O) groups excluding carboxylic acids is 1. The number of hydrogen-bond acceptors (Lipinski definition) is 6. The molecule has 0 bridgehead atoms. The molecule has 2 aromatic rings. The molecule has 2 heterocycles. The molecule has 4 N–H and O–H groups in total. The summed E-state index contributed by atoms with van der Waals surface area (Å²) in [5, 5.41) is 13.2. The van der Waals surface area contributed by atoms with E-state index in [-0.39, 0.29) is 22.6 Å². The Morgan fingerprint density at radius 1 is 1.03 bits per heavy atom. The summed E-state index contributed by atoms with van der Waals surface area (Å²) in [7, 11) is -3.52. The number of amides is 1. The Labute approximate surface area is 195 Å². The maximum atomic E-state index is 12.9. The standard InChI is InChI=1S/C24H32N4O4S/c1-16-13-17(2)23(22(29)14-16)20-15-21(27-26-20)24(30)25-18-7-9-19(10-8-18)33(31,32)28-11-5-3-4-6-12-28/h7-10,13-14,20-21,26-27,29H,3-6,11-12,15H2,1-2H3,(H,25,30). The fourth-order valence-corrected chi connectivity index (χ4v) is 6.21. The minimum atomic E-state index is -3.52. The van der Waals surface area contributed by atoms with E-state index in [1.165, 1.54) is 0 Å². The van der Waals surface area contributed by atoms with Gasteiger partial charge >= 0.3 is 0 Å². The van der Waals surface area contributed by atoms with Gasteiger partial charge in [0.25, 0.3) is 0 Å². The van der Waals surface area contributed by atoms with E-state index in [4.69, 9.17) is 0 Å². The third kappa shape index (κ3) is 5.22. The number of aryl methyl sites for hydroxylation is 2. The summed E-state index contributed by atoms with van der Waals surface area (Å²) in [4.78, 5) is 13.0. The van der Waals surface area contributed by atoms with Crippen molar-refractivity contribution in [1.82, 2.24) is 15.2 Å². The first kappa shape index (κ1) is 23.7. The van der Waals surface area contributed by atoms with Gasteiger partial charge in [0.2, 0.25) is 15.9 Å². The van der Waals surface area contributed by atoms with E-state index in [2.05, 4.69) is 16.2 Å². The van der Waals surface area contributed by atoms with Crippen molar-refractivity contribution < 1.29 is 18.3 Å².